The van der Waals surface area contributed by atoms with Gasteiger partial charge >= 0.3 is 12.2 Å². The van der Waals surface area contributed by atoms with E-state index in [0.717, 1.165) is 31.2 Å². The fourth-order valence-corrected chi connectivity index (χ4v) is 7.01. The summed E-state index contributed by atoms with van der Waals surface area (Å²) in [7, 11) is 0. The van der Waals surface area contributed by atoms with E-state index in [4.69, 9.17) is 10.5 Å². The van der Waals surface area contributed by atoms with Crippen LogP contribution in [-0.4, -0.2) is 46.3 Å². The number of hydrogen-bond acceptors (Lipinski definition) is 7. The summed E-state index contributed by atoms with van der Waals surface area (Å²) in [6.07, 6.45) is -4.16. The van der Waals surface area contributed by atoms with Gasteiger partial charge in [0, 0.05) is 29.3 Å². The Labute approximate surface area is 228 Å². The number of nitrogens with zero attached hydrogens (tertiary/aromatic N) is 4. The fraction of sp³-hybridized carbons (Fsp3) is 0.370. The summed E-state index contributed by atoms with van der Waals surface area (Å²) < 4.78 is 93.7. The molecule has 2 saturated heterocycles. The highest BCUT2D eigenvalue weighted by molar-refractivity contribution is 7.23. The van der Waals surface area contributed by atoms with Gasteiger partial charge in [0.25, 0.3) is 0 Å². The summed E-state index contributed by atoms with van der Waals surface area (Å²) in [6.45, 7) is 2.48. The average molecular weight is 578 g/mol. The number of alkyl halides is 4. The number of hydrogen-bond donors (Lipinski definition) is 1. The molecule has 13 heteroatoms. The summed E-state index contributed by atoms with van der Waals surface area (Å²) in [5.41, 5.74) is 2.12. The zero-order valence-corrected chi connectivity index (χ0v) is 21.8. The third-order valence-corrected chi connectivity index (χ3v) is 8.86. The van der Waals surface area contributed by atoms with Crippen LogP contribution in [0.25, 0.3) is 32.1 Å². The lowest BCUT2D eigenvalue weighted by atomic mass is 9.92. The number of fused-ring (bicyclic) bond motifs is 3. The minimum absolute atomic E-state index is 0.0474. The summed E-state index contributed by atoms with van der Waals surface area (Å²) in [6, 6.07) is 4.19. The average Bonchev–Trinajstić information content (AvgIpc) is 3.52. The predicted molar refractivity (Wildman–Crippen MR) is 138 cm³/mol. The minimum Gasteiger partial charge on any atom is -0.461 e. The number of nitriles is 1. The van der Waals surface area contributed by atoms with E-state index in [0.29, 0.717) is 24.3 Å². The van der Waals surface area contributed by atoms with Gasteiger partial charge in [-0.1, -0.05) is 6.07 Å². The first-order chi connectivity index (χ1) is 18.9. The zero-order chi connectivity index (χ0) is 28.6. The molecular formula is C27H21F6N5OS. The molecule has 2 N–H and O–H groups in total. The maximum absolute atomic E-state index is 16.3. The SMILES string of the molecule is Cc1nc(OCC23CCCN2CC(F)C3)nc2c(F)c(-c3ccc(F)c4sc(N)c(C#N)c34)c(C(F)(F)F)cc12. The molecule has 2 atom stereocenters. The Bertz CT molecular complexity index is 1730. The smallest absolute Gasteiger partial charge is 0.417 e. The second-order valence-corrected chi connectivity index (χ2v) is 11.3. The lowest BCUT2D eigenvalue weighted by Crippen LogP contribution is -2.43. The molecule has 2 aliphatic rings. The molecule has 4 heterocycles. The van der Waals surface area contributed by atoms with Gasteiger partial charge < -0.3 is 10.5 Å². The summed E-state index contributed by atoms with van der Waals surface area (Å²) in [5, 5.41) is 9.12. The Balaban J connectivity index is 1.54. The number of aromatic nitrogens is 2. The highest BCUT2D eigenvalue weighted by Crippen LogP contribution is 2.47. The molecule has 0 radical (unpaired) electrons. The molecular weight excluding hydrogens is 556 g/mol. The van der Waals surface area contributed by atoms with E-state index in [1.54, 1.807) is 6.07 Å². The van der Waals surface area contributed by atoms with Gasteiger partial charge in [0.05, 0.1) is 27.1 Å². The lowest BCUT2D eigenvalue weighted by Gasteiger charge is -2.30. The van der Waals surface area contributed by atoms with Gasteiger partial charge in [-0.3, -0.25) is 4.90 Å². The van der Waals surface area contributed by atoms with Gasteiger partial charge in [0.1, 0.15) is 35.2 Å². The highest BCUT2D eigenvalue weighted by Gasteiger charge is 2.49. The second-order valence-electron chi connectivity index (χ2n) is 10.2. The minimum atomic E-state index is -5.02. The summed E-state index contributed by atoms with van der Waals surface area (Å²) in [5.74, 6) is -2.13. The van der Waals surface area contributed by atoms with Crippen molar-refractivity contribution in [1.82, 2.24) is 14.9 Å². The van der Waals surface area contributed by atoms with Gasteiger partial charge in [0.2, 0.25) is 0 Å². The molecule has 2 fully saturated rings. The van der Waals surface area contributed by atoms with Crippen LogP contribution in [0.2, 0.25) is 0 Å². The monoisotopic (exact) mass is 577 g/mol. The molecule has 0 bridgehead atoms. The van der Waals surface area contributed by atoms with Crippen LogP contribution in [0.5, 0.6) is 6.01 Å². The van der Waals surface area contributed by atoms with Crippen LogP contribution in [0.1, 0.15) is 36.1 Å². The van der Waals surface area contributed by atoms with E-state index >= 15 is 4.39 Å². The first kappa shape index (κ1) is 26.6. The van der Waals surface area contributed by atoms with Gasteiger partial charge in [-0.25, -0.2) is 13.2 Å². The molecule has 6 rings (SSSR count). The standard InChI is InChI=1S/C27H21F6N5OS/c1-12-15-7-17(27(31,32)33)20(14-3-4-18(29)23-19(14)16(9-34)24(35)40-23)21(30)22(15)37-25(36-12)39-11-26-5-2-6-38(26)10-13(28)8-26/h3-4,7,13H,2,5-6,8,10-11,35H2,1H3. The maximum Gasteiger partial charge on any atom is 0.417 e. The Morgan fingerprint density at radius 2 is 2.05 bits per heavy atom. The van der Waals surface area contributed by atoms with Crippen molar-refractivity contribution in [3.63, 3.8) is 0 Å². The van der Waals surface area contributed by atoms with Crippen LogP contribution in [-0.2, 0) is 6.18 Å². The number of anilines is 1. The first-order valence-corrected chi connectivity index (χ1v) is 13.3. The van der Waals surface area contributed by atoms with E-state index in [2.05, 4.69) is 9.97 Å². The van der Waals surface area contributed by atoms with Gasteiger partial charge in [-0.2, -0.15) is 28.4 Å². The third kappa shape index (κ3) is 4.04. The van der Waals surface area contributed by atoms with Crippen molar-refractivity contribution >= 4 is 37.3 Å². The number of ether oxygens (including phenoxy) is 1. The molecule has 4 aromatic rings. The zero-order valence-electron chi connectivity index (χ0n) is 21.0. The van der Waals surface area contributed by atoms with E-state index in [9.17, 15) is 27.2 Å². The summed E-state index contributed by atoms with van der Waals surface area (Å²) in [4.78, 5) is 10.3. The van der Waals surface area contributed by atoms with Crippen LogP contribution in [0, 0.1) is 29.9 Å². The van der Waals surface area contributed by atoms with Crippen LogP contribution in [0.4, 0.5) is 31.3 Å². The van der Waals surface area contributed by atoms with E-state index < -0.39 is 46.2 Å². The molecule has 0 aliphatic carbocycles. The maximum atomic E-state index is 16.3. The van der Waals surface area contributed by atoms with Gasteiger partial charge in [-0.05, 0) is 44.0 Å². The van der Waals surface area contributed by atoms with Gasteiger partial charge in [-0.15, -0.1) is 11.3 Å². The largest absolute Gasteiger partial charge is 0.461 e. The highest BCUT2D eigenvalue weighted by atomic mass is 32.1. The van der Waals surface area contributed by atoms with Crippen molar-refractivity contribution in [3.05, 3.63) is 46.7 Å². The molecule has 2 aromatic heterocycles. The van der Waals surface area contributed by atoms with Crippen LogP contribution < -0.4 is 10.5 Å². The number of aryl methyl sites for hydroxylation is 1. The quantitative estimate of drug-likeness (QED) is 0.278. The molecule has 2 aromatic carbocycles. The van der Waals surface area contributed by atoms with Crippen molar-refractivity contribution < 1.29 is 31.1 Å². The number of nitrogen functional groups attached to an aromatic ring is 1. The van der Waals surface area contributed by atoms with E-state index in [1.165, 1.54) is 6.92 Å². The van der Waals surface area contributed by atoms with Crippen molar-refractivity contribution in [3.8, 4) is 23.2 Å². The number of thiophene rings is 1. The normalized spacial score (nSPS) is 21.3. The van der Waals surface area contributed by atoms with Crippen molar-refractivity contribution in [2.75, 3.05) is 25.4 Å². The molecule has 0 spiro atoms. The molecule has 208 valence electrons. The lowest BCUT2D eigenvalue weighted by molar-refractivity contribution is -0.137. The van der Waals surface area contributed by atoms with Gasteiger partial charge in [0.15, 0.2) is 5.82 Å². The number of benzene rings is 2. The Kier molecular flexibility index (Phi) is 6.12. The molecule has 40 heavy (non-hydrogen) atoms. The van der Waals surface area contributed by atoms with E-state index in [-0.39, 0.29) is 56.3 Å². The van der Waals surface area contributed by atoms with Crippen LogP contribution in [0.15, 0.2) is 18.2 Å². The molecule has 6 nitrogen and oxygen atoms in total. The Hall–Kier alpha value is -3.63. The number of halogens is 6. The summed E-state index contributed by atoms with van der Waals surface area (Å²) >= 11 is 0.692. The number of nitrogens with two attached hydrogens (primary N) is 1. The first-order valence-electron chi connectivity index (χ1n) is 12.4. The molecule has 0 amide bonds. The molecule has 2 aliphatic heterocycles. The van der Waals surface area contributed by atoms with E-state index in [1.807, 2.05) is 4.90 Å². The Morgan fingerprint density at radius 3 is 2.77 bits per heavy atom. The van der Waals surface area contributed by atoms with Crippen molar-refractivity contribution in [1.29, 1.82) is 5.26 Å². The topological polar surface area (TPSA) is 88.1 Å². The fourth-order valence-electron chi connectivity index (χ4n) is 6.06. The molecule has 0 saturated carbocycles. The van der Waals surface area contributed by atoms with Crippen molar-refractivity contribution in [2.45, 2.75) is 44.1 Å². The second kappa shape index (κ2) is 9.21. The third-order valence-electron chi connectivity index (χ3n) is 7.84. The Morgan fingerprint density at radius 1 is 1.27 bits per heavy atom. The van der Waals surface area contributed by atoms with Crippen molar-refractivity contribution in [2.24, 2.45) is 0 Å². The van der Waals surface area contributed by atoms with Crippen LogP contribution >= 0.6 is 11.3 Å². The molecule has 2 unspecified atom stereocenters. The number of rotatable bonds is 4. The predicted octanol–water partition coefficient (Wildman–Crippen LogP) is 6.53. The van der Waals surface area contributed by atoms with Crippen LogP contribution in [0.3, 0.4) is 0 Å².